The van der Waals surface area contributed by atoms with Crippen molar-refractivity contribution in [2.75, 3.05) is 17.4 Å². The second-order valence-electron chi connectivity index (χ2n) is 10.8. The number of rotatable bonds is 14. The summed E-state index contributed by atoms with van der Waals surface area (Å²) < 4.78 is 43.0. The molecule has 0 bridgehead atoms. The van der Waals surface area contributed by atoms with Crippen LogP contribution in [0.25, 0.3) is 0 Å². The molecule has 4 aromatic carbocycles. The highest BCUT2D eigenvalue weighted by atomic mass is 35.5. The first-order valence-corrected chi connectivity index (χ1v) is 16.6. The average molecular weight is 650 g/mol. The smallest absolute Gasteiger partial charge is 0.264 e. The first-order valence-electron chi connectivity index (χ1n) is 14.8. The first-order chi connectivity index (χ1) is 21.6. The van der Waals surface area contributed by atoms with E-state index in [1.165, 1.54) is 35.2 Å². The number of para-hydroxylation sites is 1. The van der Waals surface area contributed by atoms with Crippen LogP contribution in [0.3, 0.4) is 0 Å². The summed E-state index contributed by atoms with van der Waals surface area (Å²) in [5.41, 5.74) is 2.40. The second kappa shape index (κ2) is 15.7. The number of carbonyl (C=O) groups excluding carboxylic acids is 2. The minimum atomic E-state index is -4.27. The molecule has 1 atom stereocenters. The van der Waals surface area contributed by atoms with Gasteiger partial charge in [0.2, 0.25) is 11.8 Å². The predicted octanol–water partition coefficient (Wildman–Crippen LogP) is 6.54. The van der Waals surface area contributed by atoms with Crippen LogP contribution in [0, 0.1) is 12.7 Å². The van der Waals surface area contributed by atoms with Gasteiger partial charge in [0, 0.05) is 19.5 Å². The third-order valence-corrected chi connectivity index (χ3v) is 9.47. The molecule has 0 spiro atoms. The van der Waals surface area contributed by atoms with Gasteiger partial charge in [-0.2, -0.15) is 0 Å². The van der Waals surface area contributed by atoms with E-state index in [4.69, 9.17) is 11.6 Å². The van der Waals surface area contributed by atoms with Gasteiger partial charge in [0.25, 0.3) is 10.0 Å². The lowest BCUT2D eigenvalue weighted by Gasteiger charge is -2.34. The maximum Gasteiger partial charge on any atom is 0.264 e. The summed E-state index contributed by atoms with van der Waals surface area (Å²) in [5.74, 6) is -1.43. The normalized spacial score (nSPS) is 11.9. The van der Waals surface area contributed by atoms with Crippen LogP contribution in [0.1, 0.15) is 36.5 Å². The number of unbranched alkanes of at least 4 members (excludes halogenated alkanes) is 1. The van der Waals surface area contributed by atoms with Gasteiger partial charge in [-0.25, -0.2) is 12.8 Å². The number of nitrogens with one attached hydrogen (secondary N) is 1. The average Bonchev–Trinajstić information content (AvgIpc) is 3.03. The van der Waals surface area contributed by atoms with Gasteiger partial charge in [-0.15, -0.1) is 0 Å². The molecule has 10 heteroatoms. The summed E-state index contributed by atoms with van der Waals surface area (Å²) in [6.45, 7) is 3.59. The molecular formula is C35H37ClFN3O4S. The number of amides is 2. The molecule has 45 heavy (non-hydrogen) atoms. The van der Waals surface area contributed by atoms with Gasteiger partial charge in [-0.3, -0.25) is 13.9 Å². The summed E-state index contributed by atoms with van der Waals surface area (Å²) in [4.78, 5) is 29.5. The summed E-state index contributed by atoms with van der Waals surface area (Å²) in [5, 5.41) is 3.09. The van der Waals surface area contributed by atoms with Gasteiger partial charge in [0.1, 0.15) is 18.4 Å². The van der Waals surface area contributed by atoms with Crippen LogP contribution in [-0.4, -0.2) is 44.3 Å². The van der Waals surface area contributed by atoms with E-state index in [1.54, 1.807) is 42.5 Å². The number of anilines is 1. The lowest BCUT2D eigenvalue weighted by molar-refractivity contribution is -0.140. The van der Waals surface area contributed by atoms with Gasteiger partial charge in [0.15, 0.2) is 0 Å². The van der Waals surface area contributed by atoms with Crippen LogP contribution >= 0.6 is 11.6 Å². The molecule has 1 unspecified atom stereocenters. The predicted molar refractivity (Wildman–Crippen MR) is 176 cm³/mol. The third-order valence-electron chi connectivity index (χ3n) is 7.38. The Morgan fingerprint density at radius 2 is 1.51 bits per heavy atom. The number of halogens is 2. The summed E-state index contributed by atoms with van der Waals surface area (Å²) in [7, 11) is -4.27. The standard InChI is InChI=1S/C35H37ClFN3O4S/c1-3-4-22-38-35(42)33(23-27-10-6-5-7-11-27)39(24-28-16-18-29(37)19-17-28)34(41)25-40(32-13-9-8-12-31(32)36)45(43,44)30-20-14-26(2)15-21-30/h5-21,33H,3-4,22-25H2,1-2H3,(H,38,42). The molecular weight excluding hydrogens is 613 g/mol. The van der Waals surface area contributed by atoms with E-state index in [1.807, 2.05) is 44.2 Å². The van der Waals surface area contributed by atoms with Gasteiger partial charge in [-0.1, -0.05) is 97.2 Å². The van der Waals surface area contributed by atoms with E-state index in [-0.39, 0.29) is 34.5 Å². The maximum absolute atomic E-state index is 14.4. The largest absolute Gasteiger partial charge is 0.354 e. The zero-order valence-electron chi connectivity index (χ0n) is 25.3. The lowest BCUT2D eigenvalue weighted by Crippen LogP contribution is -2.53. The van der Waals surface area contributed by atoms with Gasteiger partial charge in [-0.05, 0) is 60.9 Å². The Hall–Kier alpha value is -4.21. The molecule has 4 aromatic rings. The maximum atomic E-state index is 14.4. The van der Waals surface area contributed by atoms with Crippen molar-refractivity contribution in [2.45, 2.75) is 50.6 Å². The molecule has 0 aromatic heterocycles. The second-order valence-corrected chi connectivity index (χ2v) is 13.0. The molecule has 0 saturated carbocycles. The minimum Gasteiger partial charge on any atom is -0.354 e. The van der Waals surface area contributed by atoms with E-state index in [0.717, 1.165) is 28.3 Å². The number of aryl methyl sites for hydroxylation is 1. The van der Waals surface area contributed by atoms with E-state index in [0.29, 0.717) is 12.1 Å². The zero-order chi connectivity index (χ0) is 32.4. The van der Waals surface area contributed by atoms with Crippen molar-refractivity contribution in [1.82, 2.24) is 10.2 Å². The van der Waals surface area contributed by atoms with Gasteiger partial charge < -0.3 is 10.2 Å². The fourth-order valence-corrected chi connectivity index (χ4v) is 6.57. The van der Waals surface area contributed by atoms with Crippen LogP contribution in [0.4, 0.5) is 10.1 Å². The molecule has 0 aliphatic rings. The topological polar surface area (TPSA) is 86.8 Å². The molecule has 236 valence electrons. The highest BCUT2D eigenvalue weighted by Crippen LogP contribution is 2.31. The van der Waals surface area contributed by atoms with Gasteiger partial charge >= 0.3 is 0 Å². The third kappa shape index (κ3) is 8.93. The lowest BCUT2D eigenvalue weighted by atomic mass is 10.0. The fourth-order valence-electron chi connectivity index (χ4n) is 4.85. The van der Waals surface area contributed by atoms with Crippen LogP contribution in [-0.2, 0) is 32.6 Å². The van der Waals surface area contributed by atoms with Crippen LogP contribution in [0.2, 0.25) is 5.02 Å². The molecule has 0 aliphatic carbocycles. The van der Waals surface area contributed by atoms with Crippen molar-refractivity contribution in [3.8, 4) is 0 Å². The van der Waals surface area contributed by atoms with Crippen LogP contribution in [0.5, 0.6) is 0 Å². The molecule has 0 radical (unpaired) electrons. The summed E-state index contributed by atoms with van der Waals surface area (Å²) in [6.07, 6.45) is 1.80. The molecule has 0 heterocycles. The minimum absolute atomic E-state index is 0.0101. The van der Waals surface area contributed by atoms with Crippen molar-refractivity contribution in [3.05, 3.63) is 131 Å². The molecule has 1 N–H and O–H groups in total. The number of sulfonamides is 1. The highest BCUT2D eigenvalue weighted by Gasteiger charge is 2.35. The van der Waals surface area contributed by atoms with Crippen LogP contribution < -0.4 is 9.62 Å². The van der Waals surface area contributed by atoms with Crippen molar-refractivity contribution >= 4 is 39.1 Å². The number of nitrogens with zero attached hydrogens (tertiary/aromatic N) is 2. The Morgan fingerprint density at radius 3 is 2.16 bits per heavy atom. The Balaban J connectivity index is 1.79. The van der Waals surface area contributed by atoms with Crippen molar-refractivity contribution in [1.29, 1.82) is 0 Å². The molecule has 0 aliphatic heterocycles. The Kier molecular flexibility index (Phi) is 11.7. The van der Waals surface area contributed by atoms with Crippen molar-refractivity contribution in [2.24, 2.45) is 0 Å². The van der Waals surface area contributed by atoms with Crippen LogP contribution in [0.15, 0.2) is 108 Å². The monoisotopic (exact) mass is 649 g/mol. The SMILES string of the molecule is CCCCNC(=O)C(Cc1ccccc1)N(Cc1ccc(F)cc1)C(=O)CN(c1ccccc1Cl)S(=O)(=O)c1ccc(C)cc1. The van der Waals surface area contributed by atoms with Crippen molar-refractivity contribution < 1.29 is 22.4 Å². The highest BCUT2D eigenvalue weighted by molar-refractivity contribution is 7.92. The number of carbonyl (C=O) groups is 2. The number of hydrogen-bond acceptors (Lipinski definition) is 4. The zero-order valence-corrected chi connectivity index (χ0v) is 26.9. The van der Waals surface area contributed by atoms with E-state index in [2.05, 4.69) is 5.32 Å². The Bertz CT molecular complexity index is 1680. The van der Waals surface area contributed by atoms with Crippen molar-refractivity contribution in [3.63, 3.8) is 0 Å². The first kappa shape index (κ1) is 33.7. The molecule has 0 saturated heterocycles. The Labute approximate surface area is 269 Å². The summed E-state index contributed by atoms with van der Waals surface area (Å²) >= 11 is 6.51. The van der Waals surface area contributed by atoms with E-state index < -0.39 is 34.3 Å². The number of hydrogen-bond donors (Lipinski definition) is 1. The quantitative estimate of drug-likeness (QED) is 0.157. The molecule has 0 fully saturated rings. The number of benzene rings is 4. The molecule has 4 rings (SSSR count). The Morgan fingerprint density at radius 1 is 0.867 bits per heavy atom. The fraction of sp³-hybridized carbons (Fsp3) is 0.257. The molecule has 7 nitrogen and oxygen atoms in total. The van der Waals surface area contributed by atoms with Gasteiger partial charge in [0.05, 0.1) is 15.6 Å². The summed E-state index contributed by atoms with van der Waals surface area (Å²) in [6, 6.07) is 26.6. The molecule has 2 amide bonds. The van der Waals surface area contributed by atoms with E-state index >= 15 is 0 Å². The van der Waals surface area contributed by atoms with E-state index in [9.17, 15) is 22.4 Å².